The Labute approximate surface area is 132 Å². The van der Waals surface area contributed by atoms with Crippen LogP contribution in [0.4, 0.5) is 0 Å². The van der Waals surface area contributed by atoms with E-state index in [1.54, 1.807) is 0 Å². The van der Waals surface area contributed by atoms with Crippen molar-refractivity contribution in [1.29, 1.82) is 0 Å². The topological polar surface area (TPSA) is 59.3 Å². The molecule has 2 fully saturated rings. The third-order valence-corrected chi connectivity index (χ3v) is 4.79. The van der Waals surface area contributed by atoms with Gasteiger partial charge in [-0.1, -0.05) is 13.8 Å². The molecule has 2 saturated heterocycles. The van der Waals surface area contributed by atoms with Crippen LogP contribution in [0.2, 0.25) is 0 Å². The molecule has 0 bridgehead atoms. The number of ether oxygens (including phenoxy) is 1. The van der Waals surface area contributed by atoms with Crippen molar-refractivity contribution in [3.8, 4) is 0 Å². The third-order valence-electron chi connectivity index (χ3n) is 4.79. The molecule has 0 spiro atoms. The molecule has 1 aromatic heterocycles. The number of piperazine rings is 1. The van der Waals surface area contributed by atoms with E-state index < -0.39 is 0 Å². The predicted octanol–water partition coefficient (Wildman–Crippen LogP) is 0.797. The maximum atomic E-state index is 5.74. The lowest BCUT2D eigenvalue weighted by molar-refractivity contribution is 0.0712. The van der Waals surface area contributed by atoms with Crippen molar-refractivity contribution < 1.29 is 4.74 Å². The van der Waals surface area contributed by atoms with Crippen molar-refractivity contribution in [3.05, 3.63) is 5.82 Å². The Morgan fingerprint density at radius 3 is 2.64 bits per heavy atom. The van der Waals surface area contributed by atoms with Crippen molar-refractivity contribution in [3.63, 3.8) is 0 Å². The summed E-state index contributed by atoms with van der Waals surface area (Å²) in [6.07, 6.45) is 2.52. The molecule has 22 heavy (non-hydrogen) atoms. The summed E-state index contributed by atoms with van der Waals surface area (Å²) in [6.45, 7) is 10.5. The lowest BCUT2D eigenvalue weighted by atomic mass is 10.0. The summed E-state index contributed by atoms with van der Waals surface area (Å²) in [6, 6.07) is 0.283. The van der Waals surface area contributed by atoms with E-state index in [0.29, 0.717) is 5.92 Å². The van der Waals surface area contributed by atoms with Gasteiger partial charge < -0.3 is 9.64 Å². The van der Waals surface area contributed by atoms with Crippen LogP contribution in [-0.2, 0) is 11.3 Å². The maximum Gasteiger partial charge on any atom is 0.168 e. The second-order valence-electron chi connectivity index (χ2n) is 6.88. The number of tetrazole rings is 1. The number of hydrogen-bond acceptors (Lipinski definition) is 6. The zero-order valence-electron chi connectivity index (χ0n) is 14.0. The normalized spacial score (nSPS) is 25.9. The van der Waals surface area contributed by atoms with Crippen LogP contribution in [0, 0.1) is 5.92 Å². The molecule has 2 aliphatic heterocycles. The predicted molar refractivity (Wildman–Crippen MR) is 83.4 cm³/mol. The van der Waals surface area contributed by atoms with E-state index in [9.17, 15) is 0 Å². The first-order chi connectivity index (χ1) is 10.6. The van der Waals surface area contributed by atoms with Crippen LogP contribution in [-0.4, -0.2) is 75.9 Å². The van der Waals surface area contributed by atoms with Gasteiger partial charge in [0.25, 0.3) is 0 Å². The number of hydrogen-bond donors (Lipinski definition) is 0. The van der Waals surface area contributed by atoms with Crippen molar-refractivity contribution in [2.75, 3.05) is 39.8 Å². The van der Waals surface area contributed by atoms with Crippen LogP contribution in [0.3, 0.4) is 0 Å². The van der Waals surface area contributed by atoms with E-state index in [2.05, 4.69) is 46.2 Å². The highest BCUT2D eigenvalue weighted by Crippen LogP contribution is 2.28. The Morgan fingerprint density at radius 1 is 1.23 bits per heavy atom. The molecule has 124 valence electrons. The summed E-state index contributed by atoms with van der Waals surface area (Å²) in [4.78, 5) is 4.91. The van der Waals surface area contributed by atoms with Gasteiger partial charge in [0.1, 0.15) is 0 Å². The van der Waals surface area contributed by atoms with Crippen LogP contribution in [0.15, 0.2) is 0 Å². The van der Waals surface area contributed by atoms with Gasteiger partial charge >= 0.3 is 0 Å². The minimum absolute atomic E-state index is 0.266. The Bertz CT molecular complexity index is 462. The van der Waals surface area contributed by atoms with Crippen LogP contribution < -0.4 is 0 Å². The average Bonchev–Trinajstić information content (AvgIpc) is 3.14. The quantitative estimate of drug-likeness (QED) is 0.802. The highest BCUT2D eigenvalue weighted by Gasteiger charge is 2.31. The standard InChI is InChI=1S/C15H28N6O/c1-12(2)14(20-8-6-19(3)7-9-20)15-16-17-18-21(15)11-13-5-4-10-22-13/h12-14H,4-11H2,1-3H3/t13-,14+/m0/s1. The fraction of sp³-hybridized carbons (Fsp3) is 0.933. The highest BCUT2D eigenvalue weighted by molar-refractivity contribution is 4.97. The second kappa shape index (κ2) is 7.02. The van der Waals surface area contributed by atoms with Gasteiger partial charge in [0.05, 0.1) is 18.7 Å². The molecule has 0 saturated carbocycles. The highest BCUT2D eigenvalue weighted by atomic mass is 16.5. The van der Waals surface area contributed by atoms with Crippen molar-refractivity contribution in [1.82, 2.24) is 30.0 Å². The molecule has 3 heterocycles. The Kier molecular flexibility index (Phi) is 5.05. The summed E-state index contributed by atoms with van der Waals surface area (Å²) < 4.78 is 7.72. The number of likely N-dealkylation sites (N-methyl/N-ethyl adjacent to an activating group) is 1. The van der Waals surface area contributed by atoms with Crippen LogP contribution in [0.5, 0.6) is 0 Å². The average molecular weight is 308 g/mol. The van der Waals surface area contributed by atoms with E-state index in [4.69, 9.17) is 4.74 Å². The molecule has 0 amide bonds. The van der Waals surface area contributed by atoms with Crippen LogP contribution in [0.1, 0.15) is 38.6 Å². The van der Waals surface area contributed by atoms with Crippen LogP contribution >= 0.6 is 0 Å². The molecule has 2 aliphatic rings. The SMILES string of the molecule is CC(C)[C@H](c1nnnn1C[C@@H]1CCCO1)N1CCN(C)CC1. The lowest BCUT2D eigenvalue weighted by Gasteiger charge is -2.39. The minimum Gasteiger partial charge on any atom is -0.376 e. The molecule has 0 radical (unpaired) electrons. The molecular formula is C15H28N6O. The summed E-state index contributed by atoms with van der Waals surface area (Å²) in [5.74, 6) is 1.48. The maximum absolute atomic E-state index is 5.74. The first-order valence-electron chi connectivity index (χ1n) is 8.45. The molecular weight excluding hydrogens is 280 g/mol. The van der Waals surface area contributed by atoms with E-state index >= 15 is 0 Å². The molecule has 7 nitrogen and oxygen atoms in total. The summed E-state index contributed by atoms with van der Waals surface area (Å²) in [5, 5.41) is 12.5. The van der Waals surface area contributed by atoms with Gasteiger partial charge in [-0.05, 0) is 36.2 Å². The molecule has 0 unspecified atom stereocenters. The fourth-order valence-electron chi connectivity index (χ4n) is 3.52. The Hall–Kier alpha value is -1.05. The van der Waals surface area contributed by atoms with Gasteiger partial charge in [-0.15, -0.1) is 5.10 Å². The first-order valence-corrected chi connectivity index (χ1v) is 8.45. The second-order valence-corrected chi connectivity index (χ2v) is 6.88. The molecule has 3 rings (SSSR count). The number of aromatic nitrogens is 4. The molecule has 0 aliphatic carbocycles. The van der Waals surface area contributed by atoms with Crippen LogP contribution in [0.25, 0.3) is 0 Å². The summed E-state index contributed by atoms with van der Waals surface area (Å²) >= 11 is 0. The number of nitrogens with zero attached hydrogens (tertiary/aromatic N) is 6. The summed E-state index contributed by atoms with van der Waals surface area (Å²) in [5.41, 5.74) is 0. The smallest absolute Gasteiger partial charge is 0.168 e. The monoisotopic (exact) mass is 308 g/mol. The molecule has 0 aromatic carbocycles. The van der Waals surface area contributed by atoms with Crippen molar-refractivity contribution >= 4 is 0 Å². The van der Waals surface area contributed by atoms with Gasteiger partial charge in [0.2, 0.25) is 0 Å². The van der Waals surface area contributed by atoms with E-state index in [0.717, 1.165) is 58.0 Å². The Balaban J connectivity index is 1.75. The summed E-state index contributed by atoms with van der Waals surface area (Å²) in [7, 11) is 2.18. The van der Waals surface area contributed by atoms with Gasteiger partial charge in [0, 0.05) is 32.8 Å². The van der Waals surface area contributed by atoms with Gasteiger partial charge in [-0.25, -0.2) is 4.68 Å². The lowest BCUT2D eigenvalue weighted by Crippen LogP contribution is -2.47. The molecule has 0 N–H and O–H groups in total. The van der Waals surface area contributed by atoms with Crippen molar-refractivity contribution in [2.24, 2.45) is 5.92 Å². The number of rotatable bonds is 5. The molecule has 7 heteroatoms. The minimum atomic E-state index is 0.266. The largest absolute Gasteiger partial charge is 0.376 e. The van der Waals surface area contributed by atoms with Gasteiger partial charge in [-0.3, -0.25) is 4.90 Å². The molecule has 2 atom stereocenters. The Morgan fingerprint density at radius 2 is 2.00 bits per heavy atom. The fourth-order valence-corrected chi connectivity index (χ4v) is 3.52. The zero-order chi connectivity index (χ0) is 15.5. The molecule has 1 aromatic rings. The first kappa shape index (κ1) is 15.8. The van der Waals surface area contributed by atoms with Gasteiger partial charge in [0.15, 0.2) is 5.82 Å². The van der Waals surface area contributed by atoms with E-state index in [1.165, 1.54) is 0 Å². The van der Waals surface area contributed by atoms with E-state index in [-0.39, 0.29) is 12.1 Å². The van der Waals surface area contributed by atoms with E-state index in [1.807, 2.05) is 4.68 Å². The van der Waals surface area contributed by atoms with Crippen molar-refractivity contribution in [2.45, 2.75) is 45.4 Å². The zero-order valence-corrected chi connectivity index (χ0v) is 14.0. The van der Waals surface area contributed by atoms with Gasteiger partial charge in [-0.2, -0.15) is 0 Å². The third kappa shape index (κ3) is 3.47.